The largest absolute Gasteiger partial charge is 0.310 e. The summed E-state index contributed by atoms with van der Waals surface area (Å²) in [5, 5.41) is 0. The highest BCUT2D eigenvalue weighted by molar-refractivity contribution is 5.92. The molecule has 0 saturated carbocycles. The van der Waals surface area contributed by atoms with Crippen molar-refractivity contribution in [1.82, 2.24) is 0 Å². The van der Waals surface area contributed by atoms with Crippen molar-refractivity contribution in [2.75, 3.05) is 4.90 Å². The van der Waals surface area contributed by atoms with Crippen LogP contribution in [0.2, 0.25) is 0 Å². The van der Waals surface area contributed by atoms with E-state index in [-0.39, 0.29) is 0 Å². The van der Waals surface area contributed by atoms with Gasteiger partial charge in [-0.2, -0.15) is 0 Å². The van der Waals surface area contributed by atoms with Gasteiger partial charge in [0, 0.05) is 16.9 Å². The molecule has 232 valence electrons. The first kappa shape index (κ1) is 29.9. The van der Waals surface area contributed by atoms with Crippen molar-refractivity contribution in [3.63, 3.8) is 0 Å². The van der Waals surface area contributed by atoms with Crippen LogP contribution < -0.4 is 4.90 Å². The van der Waals surface area contributed by atoms with E-state index in [1.54, 1.807) is 0 Å². The number of rotatable bonds is 8. The topological polar surface area (TPSA) is 3.24 Å². The van der Waals surface area contributed by atoms with Crippen LogP contribution in [0.5, 0.6) is 0 Å². The molecule has 0 saturated heterocycles. The SMILES string of the molecule is c1ccc(-c2cc(-c3ccccc3)cc(-c3ccccc3N(c3cccc(-c4ccccc4)c3)c3cccc(-c4ccccc4)c3)c2)cc1. The Kier molecular flexibility index (Phi) is 8.39. The summed E-state index contributed by atoms with van der Waals surface area (Å²) in [6.07, 6.45) is 0. The van der Waals surface area contributed by atoms with Crippen LogP contribution in [-0.2, 0) is 0 Å². The maximum atomic E-state index is 2.41. The molecule has 8 aromatic rings. The molecule has 0 unspecified atom stereocenters. The van der Waals surface area contributed by atoms with Crippen LogP contribution >= 0.6 is 0 Å². The molecule has 1 nitrogen and oxygen atoms in total. The molecule has 0 aliphatic carbocycles. The standard InChI is InChI=1S/C48H35N/c1-5-17-36(18-6-1)40-25-15-27-45(34-40)49(46-28-16-26-41(35-46)37-19-7-2-8-20-37)48-30-14-13-29-47(48)44-32-42(38-21-9-3-10-22-38)31-43(33-44)39-23-11-4-12-24-39/h1-35H. The fraction of sp³-hybridized carbons (Fsp3) is 0. The molecule has 49 heavy (non-hydrogen) atoms. The molecule has 0 N–H and O–H groups in total. The first-order valence-corrected chi connectivity index (χ1v) is 16.8. The smallest absolute Gasteiger partial charge is 0.0540 e. The summed E-state index contributed by atoms with van der Waals surface area (Å²) in [5.74, 6) is 0. The van der Waals surface area contributed by atoms with Crippen LogP contribution in [0.1, 0.15) is 0 Å². The van der Waals surface area contributed by atoms with E-state index in [0.29, 0.717) is 0 Å². The van der Waals surface area contributed by atoms with Crippen LogP contribution in [0.3, 0.4) is 0 Å². The number of para-hydroxylation sites is 1. The third kappa shape index (κ3) is 6.43. The Hall–Kier alpha value is -6.44. The molecule has 8 aromatic carbocycles. The fourth-order valence-electron chi connectivity index (χ4n) is 6.63. The van der Waals surface area contributed by atoms with Crippen LogP contribution in [0.25, 0.3) is 55.6 Å². The molecule has 0 fully saturated rings. The Morgan fingerprint density at radius 2 is 0.571 bits per heavy atom. The van der Waals surface area contributed by atoms with Crippen molar-refractivity contribution < 1.29 is 0 Å². The van der Waals surface area contributed by atoms with Gasteiger partial charge in [0.25, 0.3) is 0 Å². The van der Waals surface area contributed by atoms with E-state index in [9.17, 15) is 0 Å². The monoisotopic (exact) mass is 625 g/mol. The van der Waals surface area contributed by atoms with Crippen LogP contribution in [0.4, 0.5) is 17.1 Å². The lowest BCUT2D eigenvalue weighted by Crippen LogP contribution is -2.11. The zero-order chi connectivity index (χ0) is 32.8. The van der Waals surface area contributed by atoms with E-state index >= 15 is 0 Å². The van der Waals surface area contributed by atoms with Gasteiger partial charge in [-0.3, -0.25) is 0 Å². The lowest BCUT2D eigenvalue weighted by Gasteiger charge is -2.29. The van der Waals surface area contributed by atoms with Crippen molar-refractivity contribution >= 4 is 17.1 Å². The molecule has 0 atom stereocenters. The molecule has 0 aliphatic rings. The zero-order valence-electron chi connectivity index (χ0n) is 27.2. The third-order valence-corrected chi connectivity index (χ3v) is 9.03. The van der Waals surface area contributed by atoms with Crippen molar-refractivity contribution in [1.29, 1.82) is 0 Å². The fourth-order valence-corrected chi connectivity index (χ4v) is 6.63. The predicted molar refractivity (Wildman–Crippen MR) is 208 cm³/mol. The van der Waals surface area contributed by atoms with Crippen molar-refractivity contribution in [2.45, 2.75) is 0 Å². The second-order valence-electron chi connectivity index (χ2n) is 12.2. The van der Waals surface area contributed by atoms with Crippen LogP contribution in [0.15, 0.2) is 212 Å². The molecule has 0 radical (unpaired) electrons. The number of hydrogen-bond donors (Lipinski definition) is 0. The number of benzene rings is 8. The van der Waals surface area contributed by atoms with Crippen molar-refractivity contribution in [3.8, 4) is 55.6 Å². The van der Waals surface area contributed by atoms with E-state index in [1.807, 2.05) is 0 Å². The molecule has 0 heterocycles. The predicted octanol–water partition coefficient (Wildman–Crippen LogP) is 13.5. The number of hydrogen-bond acceptors (Lipinski definition) is 1. The maximum absolute atomic E-state index is 2.41. The van der Waals surface area contributed by atoms with Gasteiger partial charge in [-0.1, -0.05) is 164 Å². The van der Waals surface area contributed by atoms with Gasteiger partial charge in [0.15, 0.2) is 0 Å². The summed E-state index contributed by atoms with van der Waals surface area (Å²) in [7, 11) is 0. The van der Waals surface area contributed by atoms with Gasteiger partial charge in [-0.25, -0.2) is 0 Å². The van der Waals surface area contributed by atoms with Gasteiger partial charge < -0.3 is 4.90 Å². The second kappa shape index (κ2) is 13.7. The summed E-state index contributed by atoms with van der Waals surface area (Å²) in [6.45, 7) is 0. The van der Waals surface area contributed by atoms with E-state index in [4.69, 9.17) is 0 Å². The summed E-state index contributed by atoms with van der Waals surface area (Å²) >= 11 is 0. The molecule has 0 amide bonds. The number of nitrogens with zero attached hydrogens (tertiary/aromatic N) is 1. The van der Waals surface area contributed by atoms with Gasteiger partial charge in [0.05, 0.1) is 5.69 Å². The molecule has 0 aliphatic heterocycles. The van der Waals surface area contributed by atoms with Crippen molar-refractivity contribution in [2.24, 2.45) is 0 Å². The highest BCUT2D eigenvalue weighted by Crippen LogP contribution is 2.44. The average Bonchev–Trinajstić information content (AvgIpc) is 3.20. The van der Waals surface area contributed by atoms with Crippen LogP contribution in [0, 0.1) is 0 Å². The lowest BCUT2D eigenvalue weighted by molar-refractivity contribution is 1.28. The minimum absolute atomic E-state index is 1.10. The van der Waals surface area contributed by atoms with E-state index < -0.39 is 0 Å². The molecular formula is C48H35N. The summed E-state index contributed by atoms with van der Waals surface area (Å²) in [4.78, 5) is 2.41. The molecule has 0 spiro atoms. The Balaban J connectivity index is 1.35. The molecule has 0 bridgehead atoms. The third-order valence-electron chi connectivity index (χ3n) is 9.03. The van der Waals surface area contributed by atoms with Gasteiger partial charge in [0.1, 0.15) is 0 Å². The summed E-state index contributed by atoms with van der Waals surface area (Å²) in [5.41, 5.74) is 15.2. The first-order chi connectivity index (χ1) is 24.3. The number of anilines is 3. The van der Waals surface area contributed by atoms with Crippen LogP contribution in [-0.4, -0.2) is 0 Å². The van der Waals surface area contributed by atoms with E-state index in [2.05, 4.69) is 217 Å². The Labute approximate surface area is 289 Å². The second-order valence-corrected chi connectivity index (χ2v) is 12.2. The van der Waals surface area contributed by atoms with E-state index in [1.165, 1.54) is 50.1 Å². The average molecular weight is 626 g/mol. The molecule has 8 rings (SSSR count). The Bertz CT molecular complexity index is 2170. The maximum Gasteiger partial charge on any atom is 0.0540 e. The van der Waals surface area contributed by atoms with Crippen molar-refractivity contribution in [3.05, 3.63) is 212 Å². The first-order valence-electron chi connectivity index (χ1n) is 16.8. The molecule has 0 aromatic heterocycles. The van der Waals surface area contributed by atoms with Gasteiger partial charge >= 0.3 is 0 Å². The highest BCUT2D eigenvalue weighted by Gasteiger charge is 2.19. The minimum atomic E-state index is 1.10. The lowest BCUT2D eigenvalue weighted by atomic mass is 9.92. The van der Waals surface area contributed by atoms with Gasteiger partial charge in [-0.05, 0) is 98.6 Å². The summed E-state index contributed by atoms with van der Waals surface area (Å²) in [6, 6.07) is 76.1. The van der Waals surface area contributed by atoms with Gasteiger partial charge in [0.2, 0.25) is 0 Å². The highest BCUT2D eigenvalue weighted by atomic mass is 15.1. The molecular weight excluding hydrogens is 591 g/mol. The Morgan fingerprint density at radius 3 is 1.02 bits per heavy atom. The Morgan fingerprint density at radius 1 is 0.224 bits per heavy atom. The summed E-state index contributed by atoms with van der Waals surface area (Å²) < 4.78 is 0. The van der Waals surface area contributed by atoms with E-state index in [0.717, 1.165) is 22.6 Å². The minimum Gasteiger partial charge on any atom is -0.310 e. The quantitative estimate of drug-likeness (QED) is 0.162. The van der Waals surface area contributed by atoms with Gasteiger partial charge in [-0.15, -0.1) is 0 Å². The zero-order valence-corrected chi connectivity index (χ0v) is 27.2. The normalized spacial score (nSPS) is 10.9. The molecule has 1 heteroatoms.